The Labute approximate surface area is 649 Å². The molecule has 8 aromatic carbocycles. The van der Waals surface area contributed by atoms with Gasteiger partial charge in [-0.3, -0.25) is 9.54 Å². The van der Waals surface area contributed by atoms with Gasteiger partial charge in [0.2, 0.25) is 0 Å². The first kappa shape index (κ1) is 72.0. The van der Waals surface area contributed by atoms with Crippen LogP contribution in [0.5, 0.6) is 0 Å². The van der Waals surface area contributed by atoms with Gasteiger partial charge in [-0.15, -0.1) is 179 Å². The van der Waals surface area contributed by atoms with Crippen molar-refractivity contribution < 1.29 is 88.9 Å². The van der Waals surface area contributed by atoms with Crippen molar-refractivity contribution in [3.05, 3.63) is 374 Å². The molecule has 0 spiro atoms. The maximum atomic E-state index is 10.7. The quantitative estimate of drug-likeness (QED) is 0.0751. The van der Waals surface area contributed by atoms with E-state index in [2.05, 4.69) is 135 Å². The molecule has 17 heteroatoms. The van der Waals surface area contributed by atoms with Crippen LogP contribution in [-0.2, 0) is 50.3 Å². The molecule has 6 aromatic heterocycles. The Kier molecular flexibility index (Phi) is 32.0. The summed E-state index contributed by atoms with van der Waals surface area (Å²) in [7, 11) is -3.84. The van der Waals surface area contributed by atoms with E-state index < -0.39 is 36.2 Å². The van der Waals surface area contributed by atoms with E-state index in [1.807, 2.05) is 183 Å². The molecule has 0 unspecified atom stereocenters. The molecule has 0 aliphatic heterocycles. The van der Waals surface area contributed by atoms with Crippen molar-refractivity contribution in [2.24, 2.45) is 0 Å². The van der Waals surface area contributed by atoms with Crippen LogP contribution in [-0.4, -0.2) is 72.8 Å². The zero-order valence-electron chi connectivity index (χ0n) is 66.0. The number of rotatable bonds is 8. The van der Waals surface area contributed by atoms with Gasteiger partial charge in [0.05, 0.1) is 5.69 Å². The zero-order chi connectivity index (χ0) is 81.0. The Morgan fingerprint density at radius 2 is 0.587 bits per heavy atom. The second-order valence-corrected chi connectivity index (χ2v) is 22.5. The van der Waals surface area contributed by atoms with Crippen LogP contribution in [0.2, 0.25) is 0 Å². The Bertz CT molecular complexity index is 4840. The fraction of sp³-hybridized carbons (Fsp3) is 0.103. The van der Waals surface area contributed by atoms with Crippen molar-refractivity contribution in [2.75, 3.05) is 14.2 Å². The second-order valence-electron chi connectivity index (χ2n) is 21.1. The molecule has 0 fully saturated rings. The van der Waals surface area contributed by atoms with Gasteiger partial charge in [-0.1, -0.05) is 146 Å². The number of nitrogens with zero attached hydrogens (tertiary/aromatic N) is 6. The second kappa shape index (κ2) is 46.2. The number of benzene rings is 8. The molecule has 14 rings (SSSR count). The van der Waals surface area contributed by atoms with Gasteiger partial charge in [0.1, 0.15) is 0 Å². The minimum atomic E-state index is -5.84. The van der Waals surface area contributed by atoms with Crippen LogP contribution in [0.1, 0.15) is 46.2 Å². The minimum Gasteiger partial charge on any atom is -0.400 e. The fourth-order valence-corrected chi connectivity index (χ4v) is 9.08. The molecule has 0 amide bonds. The van der Waals surface area contributed by atoms with Crippen LogP contribution in [0.15, 0.2) is 310 Å². The Balaban J connectivity index is 0.000000278. The number of hydrogen-bond acceptors (Lipinski definition) is 10. The molecular weight excluding hydrogens is 1680 g/mol. The molecule has 0 radical (unpaired) electrons. The number of pyridine rings is 6. The first-order valence-electron chi connectivity index (χ1n) is 35.8. The summed E-state index contributed by atoms with van der Waals surface area (Å²) in [6, 6.07) is 110. The van der Waals surface area contributed by atoms with Crippen LogP contribution in [0, 0.1) is 71.7 Å². The molecule has 0 aliphatic rings. The third-order valence-corrected chi connectivity index (χ3v) is 14.4. The Morgan fingerprint density at radius 1 is 0.337 bits per heavy atom. The summed E-state index contributed by atoms with van der Waals surface area (Å²) < 4.78 is 123. The van der Waals surface area contributed by atoms with Gasteiger partial charge in [0.15, 0.2) is 0 Å². The largest absolute Gasteiger partial charge is 3.00 e. The minimum absolute atomic E-state index is 0. The van der Waals surface area contributed by atoms with Crippen molar-refractivity contribution in [2.45, 2.75) is 46.8 Å². The van der Waals surface area contributed by atoms with Gasteiger partial charge in [0.25, 0.3) is 0 Å². The smallest absolute Gasteiger partial charge is 0.400 e. The maximum Gasteiger partial charge on any atom is 3.00 e. The number of hydrogen-bond donors (Lipinski definition) is 3. The predicted molar refractivity (Wildman–Crippen MR) is 405 cm³/mol. The summed E-state index contributed by atoms with van der Waals surface area (Å²) in [5.74, 6) is 0. The average molecular weight is 1770 g/mol. The van der Waals surface area contributed by atoms with Crippen molar-refractivity contribution in [3.63, 3.8) is 0 Å². The van der Waals surface area contributed by atoms with Crippen LogP contribution >= 0.6 is 0 Å². The fourth-order valence-electron chi connectivity index (χ4n) is 9.08. The van der Waals surface area contributed by atoms with E-state index in [-0.39, 0.29) is 57.3 Å². The average Bonchev–Trinajstić information content (AvgIpc) is 0.862. The first-order valence-corrected chi connectivity index (χ1v) is 32.7. The molecule has 0 bridgehead atoms. The maximum absolute atomic E-state index is 10.7. The first-order chi connectivity index (χ1) is 53.0. The van der Waals surface area contributed by atoms with Gasteiger partial charge < -0.3 is 35.1 Å². The number of alkyl halides is 3. The van der Waals surface area contributed by atoms with E-state index in [1.54, 1.807) is 54.6 Å². The zero-order valence-corrected chi connectivity index (χ0v) is 62.6. The summed E-state index contributed by atoms with van der Waals surface area (Å²) >= 11 is 0. The number of halogens is 3. The molecule has 14 aromatic rings. The van der Waals surface area contributed by atoms with Gasteiger partial charge in [-0.05, 0) is 122 Å². The van der Waals surface area contributed by atoms with E-state index >= 15 is 0 Å². The molecule has 0 saturated carbocycles. The van der Waals surface area contributed by atoms with Gasteiger partial charge in [0, 0.05) is 78.4 Å². The standard InChI is InChI=1S/C18H15N.C18H14N.4C12H10N.CHF3O3S.2CH4O.2Ir/c2*1-14-12-18(16-10-6-3-7-11-16)19-13-17(14)15-8-4-2-5-9-15;4*1-10-6-5-9-12(13-10)11-7-3-2-4-8-11;2-1(3,4)8(5,6)7;2*1-2;;/h2-13H,1H3;2-10,12-13H,1H3;4*2-7,9H,1H3;(H,5,6,7);2*2H,1H3;;/q;5*-1;;;;2*+3/i;;3*1D3;;;;;;. The Morgan fingerprint density at radius 3 is 0.846 bits per heavy atom. The summed E-state index contributed by atoms with van der Waals surface area (Å²) in [4.78, 5) is 25.9. The van der Waals surface area contributed by atoms with E-state index in [1.165, 1.54) is 51.6 Å². The topological polar surface area (TPSA) is 172 Å². The van der Waals surface area contributed by atoms with Gasteiger partial charge >= 0.3 is 55.8 Å². The summed E-state index contributed by atoms with van der Waals surface area (Å²) in [6.07, 6.45) is 3.91. The SMILES string of the molecule is CO.CO.Cc1cc(-c2[c-]cccc2)ncc1-c1ccccc1.Cc1cc(-c2ccccc2)ncc1-c1ccccc1.Cc1cccc(-c2[c-]cccc2)n1.O=S(=O)(O)C(F)(F)F.[2H]C([2H])([2H])c1cccc(-c2[c-]cccc2)n1.[2H]C([2H])([2H])c1cccc(-c2[c-]cccc2)n1.[2H]C([2H])([2H])c1cccc(-c2[c-]cccc2)n1.[Ir+3].[Ir+3]. The molecule has 104 heavy (non-hydrogen) atoms. The summed E-state index contributed by atoms with van der Waals surface area (Å²) in [5, 5.41) is 14.0. The van der Waals surface area contributed by atoms with Crippen molar-refractivity contribution in [3.8, 4) is 89.8 Å². The molecule has 0 aliphatic carbocycles. The number of aliphatic hydroxyl groups excluding tert-OH is 2. The molecule has 530 valence electrons. The molecule has 0 saturated heterocycles. The van der Waals surface area contributed by atoms with E-state index in [0.29, 0.717) is 17.1 Å². The number of aliphatic hydroxyl groups is 2. The van der Waals surface area contributed by atoms with Crippen molar-refractivity contribution >= 4 is 10.1 Å². The van der Waals surface area contributed by atoms with Crippen LogP contribution in [0.4, 0.5) is 13.2 Å². The monoisotopic (exact) mass is 1770 g/mol. The van der Waals surface area contributed by atoms with E-state index in [4.69, 9.17) is 35.5 Å². The van der Waals surface area contributed by atoms with E-state index in [0.717, 1.165) is 70.4 Å². The molecular formula is C87H78F3Ir2N6O5S+. The van der Waals surface area contributed by atoms with Crippen molar-refractivity contribution in [1.29, 1.82) is 0 Å². The molecule has 3 N–H and O–H groups in total. The Hall–Kier alpha value is -10.4. The van der Waals surface area contributed by atoms with Gasteiger partial charge in [-0.25, -0.2) is 0 Å². The van der Waals surface area contributed by atoms with Crippen LogP contribution < -0.4 is 0 Å². The normalized spacial score (nSPS) is 11.6. The van der Waals surface area contributed by atoms with Crippen molar-refractivity contribution in [1.82, 2.24) is 29.9 Å². The summed E-state index contributed by atoms with van der Waals surface area (Å²) in [5.41, 5.74) is 13.6. The number of aryl methyl sites for hydroxylation is 6. The van der Waals surface area contributed by atoms with Crippen LogP contribution in [0.25, 0.3) is 89.8 Å². The third-order valence-electron chi connectivity index (χ3n) is 13.8. The van der Waals surface area contributed by atoms with Gasteiger partial charge in [-0.2, -0.15) is 21.6 Å². The molecule has 11 nitrogen and oxygen atoms in total. The summed E-state index contributed by atoms with van der Waals surface area (Å²) in [6.45, 7) is -0.236. The van der Waals surface area contributed by atoms with E-state index in [9.17, 15) is 13.2 Å². The molecule has 6 heterocycles. The number of aromatic nitrogens is 6. The van der Waals surface area contributed by atoms with Crippen LogP contribution in [0.3, 0.4) is 0 Å². The molecule has 0 atom stereocenters. The third kappa shape index (κ3) is 29.1. The predicted octanol–water partition coefficient (Wildman–Crippen LogP) is 20.3.